The monoisotopic (exact) mass is 348 g/mol. The molecular weight excluding hydrogens is 328 g/mol. The molecule has 0 spiro atoms. The van der Waals surface area contributed by atoms with E-state index in [-0.39, 0.29) is 0 Å². The van der Waals surface area contributed by atoms with Gasteiger partial charge < -0.3 is 10.0 Å². The first kappa shape index (κ1) is 16.5. The minimum absolute atomic E-state index is 0.326. The second kappa shape index (κ2) is 7.95. The largest absolute Gasteiger partial charge is 0.508 e. The molecule has 0 saturated carbocycles. The molecule has 23 heavy (non-hydrogen) atoms. The third kappa shape index (κ3) is 4.80. The Morgan fingerprint density at radius 1 is 0.913 bits per heavy atom. The molecule has 1 aliphatic heterocycles. The number of phenolic OH excluding ortho intramolecular Hbond substituents is 1. The number of aromatic hydroxyl groups is 1. The molecule has 0 radical (unpaired) electrons. The van der Waals surface area contributed by atoms with Crippen LogP contribution < -0.4 is 4.90 Å². The quantitative estimate of drug-likeness (QED) is 0.827. The molecule has 0 aromatic heterocycles. The summed E-state index contributed by atoms with van der Waals surface area (Å²) in [5.41, 5.74) is 1.19. The zero-order valence-electron chi connectivity index (χ0n) is 13.0. The predicted octanol–water partition coefficient (Wildman–Crippen LogP) is 3.96. The van der Waals surface area contributed by atoms with E-state index in [2.05, 4.69) is 21.9 Å². The minimum atomic E-state index is 0.326. The lowest BCUT2D eigenvalue weighted by Crippen LogP contribution is -2.47. The van der Waals surface area contributed by atoms with E-state index in [0.717, 1.165) is 43.5 Å². The normalized spacial score (nSPS) is 15.8. The maximum absolute atomic E-state index is 9.37. The van der Waals surface area contributed by atoms with Crippen molar-refractivity contribution in [3.63, 3.8) is 0 Å². The maximum Gasteiger partial charge on any atom is 0.115 e. The lowest BCUT2D eigenvalue weighted by molar-refractivity contribution is 0.273. The number of piperazine rings is 1. The third-order valence-corrected chi connectivity index (χ3v) is 5.32. The van der Waals surface area contributed by atoms with Gasteiger partial charge in [0.1, 0.15) is 5.75 Å². The highest BCUT2D eigenvalue weighted by Crippen LogP contribution is 2.22. The number of rotatable bonds is 5. The minimum Gasteiger partial charge on any atom is -0.508 e. The molecule has 1 fully saturated rings. The number of phenols is 1. The average Bonchev–Trinajstić information content (AvgIpc) is 2.58. The van der Waals surface area contributed by atoms with Crippen molar-refractivity contribution in [2.45, 2.75) is 4.90 Å². The van der Waals surface area contributed by atoms with Gasteiger partial charge in [0.15, 0.2) is 0 Å². The molecule has 0 bridgehead atoms. The van der Waals surface area contributed by atoms with E-state index in [4.69, 9.17) is 11.6 Å². The van der Waals surface area contributed by atoms with E-state index in [9.17, 15) is 5.11 Å². The van der Waals surface area contributed by atoms with Crippen molar-refractivity contribution < 1.29 is 5.11 Å². The van der Waals surface area contributed by atoms with Gasteiger partial charge in [0.2, 0.25) is 0 Å². The third-order valence-electron chi connectivity index (χ3n) is 4.08. The molecule has 2 aromatic rings. The second-order valence-electron chi connectivity index (χ2n) is 5.65. The molecule has 0 atom stereocenters. The van der Waals surface area contributed by atoms with E-state index < -0.39 is 0 Å². The summed E-state index contributed by atoms with van der Waals surface area (Å²) in [6.07, 6.45) is 0. The van der Waals surface area contributed by atoms with Crippen LogP contribution in [0.25, 0.3) is 0 Å². The SMILES string of the molecule is Oc1ccc(N2CCN(CCSc3ccc(Cl)cc3)CC2)cc1. The van der Waals surface area contributed by atoms with E-state index >= 15 is 0 Å². The zero-order valence-corrected chi connectivity index (χ0v) is 14.6. The van der Waals surface area contributed by atoms with Crippen LogP contribution in [0.5, 0.6) is 5.75 Å². The van der Waals surface area contributed by atoms with Crippen LogP contribution in [-0.4, -0.2) is 48.5 Å². The summed E-state index contributed by atoms with van der Waals surface area (Å²) in [7, 11) is 0. The fraction of sp³-hybridized carbons (Fsp3) is 0.333. The van der Waals surface area contributed by atoms with E-state index in [1.165, 1.54) is 10.6 Å². The summed E-state index contributed by atoms with van der Waals surface area (Å²) < 4.78 is 0. The molecule has 5 heteroatoms. The first-order valence-electron chi connectivity index (χ1n) is 7.85. The van der Waals surface area contributed by atoms with Gasteiger partial charge in [0.25, 0.3) is 0 Å². The predicted molar refractivity (Wildman–Crippen MR) is 98.9 cm³/mol. The average molecular weight is 349 g/mol. The summed E-state index contributed by atoms with van der Waals surface area (Å²) in [4.78, 5) is 6.17. The topological polar surface area (TPSA) is 26.7 Å². The van der Waals surface area contributed by atoms with Gasteiger partial charge in [0, 0.05) is 54.1 Å². The van der Waals surface area contributed by atoms with Gasteiger partial charge in [-0.25, -0.2) is 0 Å². The van der Waals surface area contributed by atoms with Gasteiger partial charge in [-0.1, -0.05) is 11.6 Å². The first-order chi connectivity index (χ1) is 11.2. The molecule has 3 nitrogen and oxygen atoms in total. The van der Waals surface area contributed by atoms with Crippen LogP contribution in [0.1, 0.15) is 0 Å². The van der Waals surface area contributed by atoms with Crippen molar-refractivity contribution in [1.29, 1.82) is 0 Å². The Hall–Kier alpha value is -1.36. The van der Waals surface area contributed by atoms with Crippen LogP contribution in [0.4, 0.5) is 5.69 Å². The first-order valence-corrected chi connectivity index (χ1v) is 9.22. The summed E-state index contributed by atoms with van der Waals surface area (Å²) in [6.45, 7) is 5.35. The smallest absolute Gasteiger partial charge is 0.115 e. The molecule has 0 unspecified atom stereocenters. The second-order valence-corrected chi connectivity index (χ2v) is 7.25. The van der Waals surface area contributed by atoms with Gasteiger partial charge in [-0.2, -0.15) is 0 Å². The van der Waals surface area contributed by atoms with Crippen molar-refractivity contribution in [3.05, 3.63) is 53.6 Å². The van der Waals surface area contributed by atoms with Gasteiger partial charge in [-0.3, -0.25) is 4.90 Å². The van der Waals surface area contributed by atoms with Crippen molar-refractivity contribution in [1.82, 2.24) is 4.90 Å². The molecule has 1 heterocycles. The van der Waals surface area contributed by atoms with Gasteiger partial charge >= 0.3 is 0 Å². The van der Waals surface area contributed by atoms with Gasteiger partial charge in [-0.15, -0.1) is 11.8 Å². The van der Waals surface area contributed by atoms with E-state index in [0.29, 0.717) is 5.75 Å². The standard InChI is InChI=1S/C18H21ClN2OS/c19-15-1-7-18(8-2-15)23-14-13-20-9-11-21(12-10-20)16-3-5-17(22)6-4-16/h1-8,22H,9-14H2. The number of nitrogens with zero attached hydrogens (tertiary/aromatic N) is 2. The molecule has 3 rings (SSSR count). The Morgan fingerprint density at radius 3 is 2.22 bits per heavy atom. The van der Waals surface area contributed by atoms with Crippen molar-refractivity contribution in [2.24, 2.45) is 0 Å². The number of thioether (sulfide) groups is 1. The number of anilines is 1. The number of hydrogen-bond acceptors (Lipinski definition) is 4. The van der Waals surface area contributed by atoms with Crippen molar-refractivity contribution in [3.8, 4) is 5.75 Å². The number of hydrogen-bond donors (Lipinski definition) is 1. The molecule has 1 N–H and O–H groups in total. The number of benzene rings is 2. The van der Waals surface area contributed by atoms with Crippen molar-refractivity contribution >= 4 is 29.1 Å². The Bertz CT molecular complexity index is 607. The van der Waals surface area contributed by atoms with Crippen LogP contribution in [0, 0.1) is 0 Å². The van der Waals surface area contributed by atoms with Crippen LogP contribution in [0.3, 0.4) is 0 Å². The Balaban J connectivity index is 1.40. The van der Waals surface area contributed by atoms with Crippen LogP contribution >= 0.6 is 23.4 Å². The zero-order chi connectivity index (χ0) is 16.1. The Labute approximate surface area is 146 Å². The fourth-order valence-corrected chi connectivity index (χ4v) is 3.76. The molecular formula is C18H21ClN2OS. The summed E-state index contributed by atoms with van der Waals surface area (Å²) in [5, 5.41) is 10.2. The molecule has 0 aliphatic carbocycles. The van der Waals surface area contributed by atoms with E-state index in [1.807, 2.05) is 36.0 Å². The molecule has 0 amide bonds. The lowest BCUT2D eigenvalue weighted by atomic mass is 10.2. The summed E-state index contributed by atoms with van der Waals surface area (Å²) >= 11 is 7.78. The van der Waals surface area contributed by atoms with Gasteiger partial charge in [-0.05, 0) is 48.5 Å². The van der Waals surface area contributed by atoms with Crippen LogP contribution in [-0.2, 0) is 0 Å². The van der Waals surface area contributed by atoms with Crippen LogP contribution in [0.15, 0.2) is 53.4 Å². The maximum atomic E-state index is 9.37. The molecule has 122 valence electrons. The lowest BCUT2D eigenvalue weighted by Gasteiger charge is -2.36. The summed E-state index contributed by atoms with van der Waals surface area (Å²) in [5.74, 6) is 1.42. The summed E-state index contributed by atoms with van der Waals surface area (Å²) in [6, 6.07) is 15.5. The molecule has 1 aliphatic rings. The Morgan fingerprint density at radius 2 is 1.57 bits per heavy atom. The highest BCUT2D eigenvalue weighted by atomic mass is 35.5. The molecule has 1 saturated heterocycles. The highest BCUT2D eigenvalue weighted by Gasteiger charge is 2.16. The van der Waals surface area contributed by atoms with Gasteiger partial charge in [0.05, 0.1) is 0 Å². The number of halogens is 1. The van der Waals surface area contributed by atoms with Crippen LogP contribution in [0.2, 0.25) is 5.02 Å². The van der Waals surface area contributed by atoms with Crippen molar-refractivity contribution in [2.75, 3.05) is 43.4 Å². The van der Waals surface area contributed by atoms with E-state index in [1.54, 1.807) is 12.1 Å². The molecule has 2 aromatic carbocycles. The highest BCUT2D eigenvalue weighted by molar-refractivity contribution is 7.99. The fourth-order valence-electron chi connectivity index (χ4n) is 2.72. The Kier molecular flexibility index (Phi) is 5.70.